The van der Waals surface area contributed by atoms with Crippen molar-refractivity contribution < 1.29 is 23.8 Å². The Kier molecular flexibility index (Phi) is 5.52. The number of hydrogen-bond acceptors (Lipinski definition) is 5. The van der Waals surface area contributed by atoms with Crippen molar-refractivity contribution in [2.45, 2.75) is 72.2 Å². The van der Waals surface area contributed by atoms with Gasteiger partial charge in [-0.3, -0.25) is 9.59 Å². The molecule has 2 aliphatic carbocycles. The van der Waals surface area contributed by atoms with Gasteiger partial charge >= 0.3 is 5.97 Å². The molecule has 5 heteroatoms. The Bertz CT molecular complexity index is 454. The zero-order chi connectivity index (χ0) is 17.3. The molecule has 5 nitrogen and oxygen atoms in total. The van der Waals surface area contributed by atoms with Crippen molar-refractivity contribution in [2.75, 3.05) is 13.2 Å². The van der Waals surface area contributed by atoms with Crippen LogP contribution in [0.4, 0.5) is 0 Å². The van der Waals surface area contributed by atoms with Gasteiger partial charge in [-0.2, -0.15) is 0 Å². The number of rotatable bonds is 5. The van der Waals surface area contributed by atoms with Gasteiger partial charge in [0, 0.05) is 50.2 Å². The van der Waals surface area contributed by atoms with Crippen molar-refractivity contribution in [3.05, 3.63) is 0 Å². The van der Waals surface area contributed by atoms with E-state index in [1.807, 2.05) is 20.8 Å². The van der Waals surface area contributed by atoms with E-state index < -0.39 is 11.2 Å². The van der Waals surface area contributed by atoms with E-state index in [2.05, 4.69) is 6.92 Å². The third kappa shape index (κ3) is 3.18. The van der Waals surface area contributed by atoms with E-state index in [1.54, 1.807) is 0 Å². The molecule has 0 unspecified atom stereocenters. The summed E-state index contributed by atoms with van der Waals surface area (Å²) in [6.45, 7) is 10.5. The molecule has 2 rings (SSSR count). The average molecular weight is 326 g/mol. The van der Waals surface area contributed by atoms with Gasteiger partial charge in [0.15, 0.2) is 5.79 Å². The fourth-order valence-corrected chi connectivity index (χ4v) is 4.73. The summed E-state index contributed by atoms with van der Waals surface area (Å²) in [5.41, 5.74) is -0.463. The van der Waals surface area contributed by atoms with Crippen LogP contribution in [0.25, 0.3) is 0 Å². The van der Waals surface area contributed by atoms with E-state index in [0.717, 1.165) is 0 Å². The maximum absolute atomic E-state index is 12.6. The quantitative estimate of drug-likeness (QED) is 0.574. The lowest BCUT2D eigenvalue weighted by Crippen LogP contribution is -2.61. The summed E-state index contributed by atoms with van der Waals surface area (Å²) in [5.74, 6) is -0.791. The van der Waals surface area contributed by atoms with Crippen LogP contribution in [-0.4, -0.2) is 36.9 Å². The molecule has 0 saturated heterocycles. The van der Waals surface area contributed by atoms with E-state index in [0.29, 0.717) is 38.9 Å². The second-order valence-electron chi connectivity index (χ2n) is 7.02. The summed E-state index contributed by atoms with van der Waals surface area (Å²) in [6.07, 6.45) is 2.23. The SMILES string of the molecule is CCOC1(OCC)CC[C@@]2(C)C(=O)CC[C@@H](OC(C)=O)[C@@H]2[C@@H]1C. The third-order valence-corrected chi connectivity index (χ3v) is 5.75. The molecule has 0 amide bonds. The second-order valence-corrected chi connectivity index (χ2v) is 7.02. The molecule has 2 aliphatic rings. The number of hydrogen-bond donors (Lipinski definition) is 0. The lowest BCUT2D eigenvalue weighted by molar-refractivity contribution is -0.304. The molecule has 0 aliphatic heterocycles. The first kappa shape index (κ1) is 18.4. The number of fused-ring (bicyclic) bond motifs is 1. The molecule has 0 aromatic carbocycles. The number of esters is 1. The summed E-state index contributed by atoms with van der Waals surface area (Å²) >= 11 is 0. The molecule has 0 aromatic rings. The topological polar surface area (TPSA) is 61.8 Å². The van der Waals surface area contributed by atoms with Crippen molar-refractivity contribution in [2.24, 2.45) is 17.3 Å². The van der Waals surface area contributed by atoms with Crippen LogP contribution in [0.2, 0.25) is 0 Å². The highest BCUT2D eigenvalue weighted by Gasteiger charge is 2.60. The molecule has 2 saturated carbocycles. The molecule has 0 radical (unpaired) electrons. The van der Waals surface area contributed by atoms with E-state index in [1.165, 1.54) is 6.92 Å². The molecule has 2 fully saturated rings. The maximum atomic E-state index is 12.6. The average Bonchev–Trinajstić information content (AvgIpc) is 2.47. The predicted octanol–water partition coefficient (Wildman–Crippen LogP) is 3.10. The maximum Gasteiger partial charge on any atom is 0.302 e. The summed E-state index contributed by atoms with van der Waals surface area (Å²) in [6, 6.07) is 0. The Balaban J connectivity index is 2.38. The molecule has 4 atom stereocenters. The smallest absolute Gasteiger partial charge is 0.302 e. The molecular weight excluding hydrogens is 296 g/mol. The van der Waals surface area contributed by atoms with Gasteiger partial charge in [0.1, 0.15) is 11.9 Å². The number of ketones is 1. The van der Waals surface area contributed by atoms with Crippen LogP contribution in [0.3, 0.4) is 0 Å². The van der Waals surface area contributed by atoms with Crippen LogP contribution in [0.15, 0.2) is 0 Å². The van der Waals surface area contributed by atoms with Gasteiger partial charge in [-0.25, -0.2) is 0 Å². The van der Waals surface area contributed by atoms with Gasteiger partial charge in [-0.05, 0) is 26.7 Å². The molecule has 0 N–H and O–H groups in total. The molecule has 23 heavy (non-hydrogen) atoms. The lowest BCUT2D eigenvalue weighted by Gasteiger charge is -2.56. The van der Waals surface area contributed by atoms with Gasteiger partial charge in [0.25, 0.3) is 0 Å². The Labute approximate surface area is 139 Å². The van der Waals surface area contributed by atoms with Crippen LogP contribution in [-0.2, 0) is 23.8 Å². The zero-order valence-corrected chi connectivity index (χ0v) is 15.0. The summed E-state index contributed by atoms with van der Waals surface area (Å²) in [7, 11) is 0. The van der Waals surface area contributed by atoms with E-state index in [9.17, 15) is 9.59 Å². The van der Waals surface area contributed by atoms with Gasteiger partial charge in [-0.1, -0.05) is 13.8 Å². The highest BCUT2D eigenvalue weighted by atomic mass is 16.7. The van der Waals surface area contributed by atoms with Gasteiger partial charge in [0.05, 0.1) is 0 Å². The fraction of sp³-hybridized carbons (Fsp3) is 0.889. The van der Waals surface area contributed by atoms with E-state index in [-0.39, 0.29) is 29.7 Å². The number of Topliss-reactive ketones (excluding diaryl/α,β-unsaturated/α-hetero) is 1. The monoisotopic (exact) mass is 326 g/mol. The predicted molar refractivity (Wildman–Crippen MR) is 85.8 cm³/mol. The lowest BCUT2D eigenvalue weighted by atomic mass is 9.53. The Morgan fingerprint density at radius 3 is 2.35 bits per heavy atom. The molecule has 0 aromatic heterocycles. The number of carbonyl (C=O) groups excluding carboxylic acids is 2. The van der Waals surface area contributed by atoms with Gasteiger partial charge in [-0.15, -0.1) is 0 Å². The summed E-state index contributed by atoms with van der Waals surface area (Å²) < 4.78 is 17.7. The van der Waals surface area contributed by atoms with Crippen LogP contribution in [0.1, 0.15) is 60.3 Å². The largest absolute Gasteiger partial charge is 0.462 e. The van der Waals surface area contributed by atoms with E-state index >= 15 is 0 Å². The molecule has 0 spiro atoms. The van der Waals surface area contributed by atoms with Gasteiger partial charge in [0.2, 0.25) is 0 Å². The molecule has 0 heterocycles. The molecular formula is C18H30O5. The Morgan fingerprint density at radius 2 is 1.83 bits per heavy atom. The minimum atomic E-state index is -0.691. The fourth-order valence-electron chi connectivity index (χ4n) is 4.73. The van der Waals surface area contributed by atoms with Crippen molar-refractivity contribution in [1.29, 1.82) is 0 Å². The summed E-state index contributed by atoms with van der Waals surface area (Å²) in [5, 5.41) is 0. The standard InChI is InChI=1S/C18H30O5/c1-6-21-18(22-7-2)11-10-17(5)15(20)9-8-14(23-13(4)19)16(17)12(18)3/h12,14,16H,6-11H2,1-5H3/t12-,14+,16-,17-/m0/s1. The van der Waals surface area contributed by atoms with Crippen LogP contribution in [0, 0.1) is 17.3 Å². The van der Waals surface area contributed by atoms with Crippen molar-refractivity contribution in [3.8, 4) is 0 Å². The zero-order valence-electron chi connectivity index (χ0n) is 15.0. The van der Waals surface area contributed by atoms with Crippen LogP contribution < -0.4 is 0 Å². The minimum Gasteiger partial charge on any atom is -0.462 e. The van der Waals surface area contributed by atoms with Crippen molar-refractivity contribution in [3.63, 3.8) is 0 Å². The number of ether oxygens (including phenoxy) is 3. The normalized spacial score (nSPS) is 36.4. The second kappa shape index (κ2) is 6.89. The molecule has 0 bridgehead atoms. The van der Waals surface area contributed by atoms with Crippen molar-refractivity contribution >= 4 is 11.8 Å². The first-order valence-electron chi connectivity index (χ1n) is 8.79. The van der Waals surface area contributed by atoms with E-state index in [4.69, 9.17) is 14.2 Å². The van der Waals surface area contributed by atoms with Crippen LogP contribution in [0.5, 0.6) is 0 Å². The first-order valence-corrected chi connectivity index (χ1v) is 8.79. The Hall–Kier alpha value is -0.940. The first-order chi connectivity index (χ1) is 10.8. The third-order valence-electron chi connectivity index (χ3n) is 5.75. The highest BCUT2D eigenvalue weighted by molar-refractivity contribution is 5.86. The minimum absolute atomic E-state index is 0.0188. The Morgan fingerprint density at radius 1 is 1.22 bits per heavy atom. The summed E-state index contributed by atoms with van der Waals surface area (Å²) in [4.78, 5) is 24.2. The van der Waals surface area contributed by atoms with Crippen LogP contribution >= 0.6 is 0 Å². The van der Waals surface area contributed by atoms with Crippen molar-refractivity contribution in [1.82, 2.24) is 0 Å². The molecule has 132 valence electrons. The number of carbonyl (C=O) groups is 2. The highest BCUT2D eigenvalue weighted by Crippen LogP contribution is 2.56. The van der Waals surface area contributed by atoms with Gasteiger partial charge < -0.3 is 14.2 Å².